The van der Waals surface area contributed by atoms with Gasteiger partial charge in [0.25, 0.3) is 0 Å². The van der Waals surface area contributed by atoms with Crippen LogP contribution >= 0.6 is 11.8 Å². The fraction of sp³-hybridized carbons (Fsp3) is 0.200. The van der Waals surface area contributed by atoms with Gasteiger partial charge in [0.05, 0.1) is 5.37 Å². The quantitative estimate of drug-likeness (QED) is 0.455. The molecule has 0 saturated heterocycles. The third kappa shape index (κ3) is 3.32. The maximum Gasteiger partial charge on any atom is 0.143 e. The molecule has 0 radical (unpaired) electrons. The molecule has 0 aliphatic rings. The van der Waals surface area contributed by atoms with E-state index in [1.807, 2.05) is 19.2 Å². The standard InChI is InChI=1S/C10H12N2OS/c1-11-10(14-8-2-7-13)9-3-5-12-6-4-9/h2-8,10-11H,1H3/b8-2+. The van der Waals surface area contributed by atoms with Crippen molar-refractivity contribution in [1.29, 1.82) is 0 Å². The summed E-state index contributed by atoms with van der Waals surface area (Å²) < 4.78 is 0. The molecule has 0 aliphatic carbocycles. The second-order valence-electron chi connectivity index (χ2n) is 2.55. The van der Waals surface area contributed by atoms with Crippen LogP contribution in [-0.2, 0) is 4.79 Å². The number of allylic oxidation sites excluding steroid dienone is 1. The average Bonchev–Trinajstić information content (AvgIpc) is 2.26. The minimum atomic E-state index is 0.161. The molecule has 3 nitrogen and oxygen atoms in total. The number of carbonyl (C=O) groups is 1. The maximum atomic E-state index is 10.1. The van der Waals surface area contributed by atoms with Gasteiger partial charge in [-0.1, -0.05) is 0 Å². The molecule has 0 aromatic carbocycles. The van der Waals surface area contributed by atoms with Gasteiger partial charge in [-0.2, -0.15) is 0 Å². The van der Waals surface area contributed by atoms with Crippen LogP contribution < -0.4 is 5.32 Å². The Morgan fingerprint density at radius 2 is 2.21 bits per heavy atom. The second kappa shape index (κ2) is 6.34. The Hall–Kier alpha value is -1.13. The molecule has 1 aromatic rings. The molecule has 1 aromatic heterocycles. The van der Waals surface area contributed by atoms with Crippen LogP contribution in [0.2, 0.25) is 0 Å². The smallest absolute Gasteiger partial charge is 0.143 e. The molecular weight excluding hydrogens is 196 g/mol. The zero-order chi connectivity index (χ0) is 10.2. The van der Waals surface area contributed by atoms with Crippen LogP contribution in [0.5, 0.6) is 0 Å². The predicted octanol–water partition coefficient (Wildman–Crippen LogP) is 1.75. The summed E-state index contributed by atoms with van der Waals surface area (Å²) in [6.45, 7) is 0. The number of pyridine rings is 1. The summed E-state index contributed by atoms with van der Waals surface area (Å²) in [7, 11) is 1.88. The van der Waals surface area contributed by atoms with E-state index in [2.05, 4.69) is 10.3 Å². The number of hydrogen-bond donors (Lipinski definition) is 1. The number of aromatic nitrogens is 1. The van der Waals surface area contributed by atoms with Crippen LogP contribution in [0.4, 0.5) is 0 Å². The van der Waals surface area contributed by atoms with E-state index < -0.39 is 0 Å². The largest absolute Gasteiger partial charge is 0.304 e. The molecule has 0 saturated carbocycles. The van der Waals surface area contributed by atoms with E-state index in [9.17, 15) is 4.79 Å². The highest BCUT2D eigenvalue weighted by Crippen LogP contribution is 2.25. The van der Waals surface area contributed by atoms with Crippen LogP contribution in [0, 0.1) is 0 Å². The molecule has 1 rings (SSSR count). The van der Waals surface area contributed by atoms with Gasteiger partial charge in [0.2, 0.25) is 0 Å². The molecular formula is C10H12N2OS. The first-order chi connectivity index (χ1) is 6.88. The van der Waals surface area contributed by atoms with Gasteiger partial charge in [-0.05, 0) is 36.2 Å². The molecule has 0 bridgehead atoms. The van der Waals surface area contributed by atoms with Crippen LogP contribution in [-0.4, -0.2) is 18.3 Å². The summed E-state index contributed by atoms with van der Waals surface area (Å²) in [5.74, 6) is 0. The first kappa shape index (κ1) is 10.9. The zero-order valence-electron chi connectivity index (χ0n) is 7.88. The number of thioether (sulfide) groups is 1. The van der Waals surface area contributed by atoms with Crippen molar-refractivity contribution in [3.63, 3.8) is 0 Å². The van der Waals surface area contributed by atoms with Crippen molar-refractivity contribution < 1.29 is 4.79 Å². The third-order valence-corrected chi connectivity index (χ3v) is 2.74. The Kier molecular flexibility index (Phi) is 4.96. The molecule has 0 aliphatic heterocycles. The summed E-state index contributed by atoms with van der Waals surface area (Å²) in [6, 6.07) is 3.89. The minimum absolute atomic E-state index is 0.161. The average molecular weight is 208 g/mol. The number of carbonyl (C=O) groups excluding carboxylic acids is 1. The lowest BCUT2D eigenvalue weighted by Crippen LogP contribution is -2.11. The lowest BCUT2D eigenvalue weighted by molar-refractivity contribution is -0.104. The first-order valence-corrected chi connectivity index (χ1v) is 5.15. The molecule has 4 heteroatoms. The van der Waals surface area contributed by atoms with Crippen LogP contribution in [0.1, 0.15) is 10.9 Å². The van der Waals surface area contributed by atoms with Crippen molar-refractivity contribution >= 4 is 18.0 Å². The molecule has 74 valence electrons. The predicted molar refractivity (Wildman–Crippen MR) is 58.8 cm³/mol. The second-order valence-corrected chi connectivity index (χ2v) is 3.57. The molecule has 14 heavy (non-hydrogen) atoms. The van der Waals surface area contributed by atoms with E-state index in [1.54, 1.807) is 29.6 Å². The Morgan fingerprint density at radius 3 is 2.79 bits per heavy atom. The van der Waals surface area contributed by atoms with E-state index in [0.29, 0.717) is 0 Å². The van der Waals surface area contributed by atoms with E-state index >= 15 is 0 Å². The fourth-order valence-corrected chi connectivity index (χ4v) is 1.77. The minimum Gasteiger partial charge on any atom is -0.304 e. The van der Waals surface area contributed by atoms with Crippen LogP contribution in [0.25, 0.3) is 0 Å². The summed E-state index contributed by atoms with van der Waals surface area (Å²) in [5.41, 5.74) is 1.14. The highest BCUT2D eigenvalue weighted by molar-refractivity contribution is 8.02. The molecule has 0 spiro atoms. The van der Waals surface area contributed by atoms with Gasteiger partial charge in [-0.15, -0.1) is 11.8 Å². The summed E-state index contributed by atoms with van der Waals surface area (Å²) >= 11 is 1.55. The van der Waals surface area contributed by atoms with Crippen molar-refractivity contribution in [2.45, 2.75) is 5.37 Å². The molecule has 1 unspecified atom stereocenters. The van der Waals surface area contributed by atoms with Gasteiger partial charge in [-0.3, -0.25) is 9.78 Å². The maximum absolute atomic E-state index is 10.1. The van der Waals surface area contributed by atoms with E-state index in [0.717, 1.165) is 11.8 Å². The summed E-state index contributed by atoms with van der Waals surface area (Å²) in [5, 5.41) is 5.08. The normalized spacial score (nSPS) is 12.9. The highest BCUT2D eigenvalue weighted by atomic mass is 32.2. The third-order valence-electron chi connectivity index (χ3n) is 1.64. The van der Waals surface area contributed by atoms with Crippen molar-refractivity contribution in [3.8, 4) is 0 Å². The van der Waals surface area contributed by atoms with Gasteiger partial charge in [0.15, 0.2) is 0 Å². The van der Waals surface area contributed by atoms with Gasteiger partial charge in [0, 0.05) is 12.4 Å². The SMILES string of the molecule is CNC(S/C=C/C=O)c1ccncc1. The van der Waals surface area contributed by atoms with Crippen LogP contribution in [0.15, 0.2) is 36.0 Å². The molecule has 0 amide bonds. The van der Waals surface area contributed by atoms with Gasteiger partial charge < -0.3 is 5.32 Å². The number of aldehydes is 1. The lowest BCUT2D eigenvalue weighted by atomic mass is 10.3. The van der Waals surface area contributed by atoms with Crippen molar-refractivity contribution in [2.24, 2.45) is 0 Å². The number of nitrogens with one attached hydrogen (secondary N) is 1. The van der Waals surface area contributed by atoms with E-state index in [1.165, 1.54) is 6.08 Å². The Morgan fingerprint density at radius 1 is 1.50 bits per heavy atom. The molecule has 1 N–H and O–H groups in total. The molecule has 1 heterocycles. The molecule has 1 atom stereocenters. The van der Waals surface area contributed by atoms with E-state index in [4.69, 9.17) is 0 Å². The highest BCUT2D eigenvalue weighted by Gasteiger charge is 2.06. The topological polar surface area (TPSA) is 42.0 Å². The fourth-order valence-electron chi connectivity index (χ4n) is 1.01. The molecule has 0 fully saturated rings. The Balaban J connectivity index is 2.63. The van der Waals surface area contributed by atoms with Crippen molar-refractivity contribution in [2.75, 3.05) is 7.05 Å². The van der Waals surface area contributed by atoms with Gasteiger partial charge in [-0.25, -0.2) is 0 Å². The Labute approximate surface area is 87.6 Å². The summed E-state index contributed by atoms with van der Waals surface area (Å²) in [6.07, 6.45) is 5.76. The lowest BCUT2D eigenvalue weighted by Gasteiger charge is -2.12. The Bertz CT molecular complexity index is 300. The summed E-state index contributed by atoms with van der Waals surface area (Å²) in [4.78, 5) is 14.0. The monoisotopic (exact) mass is 208 g/mol. The van der Waals surface area contributed by atoms with Crippen molar-refractivity contribution in [3.05, 3.63) is 41.6 Å². The number of hydrogen-bond acceptors (Lipinski definition) is 4. The van der Waals surface area contributed by atoms with E-state index in [-0.39, 0.29) is 5.37 Å². The van der Waals surface area contributed by atoms with Gasteiger partial charge >= 0.3 is 0 Å². The first-order valence-electron chi connectivity index (χ1n) is 4.21. The van der Waals surface area contributed by atoms with Gasteiger partial charge in [0.1, 0.15) is 6.29 Å². The number of nitrogens with zero attached hydrogens (tertiary/aromatic N) is 1. The van der Waals surface area contributed by atoms with Crippen LogP contribution in [0.3, 0.4) is 0 Å². The zero-order valence-corrected chi connectivity index (χ0v) is 8.70. The van der Waals surface area contributed by atoms with Crippen molar-refractivity contribution in [1.82, 2.24) is 10.3 Å². The number of rotatable bonds is 5.